The summed E-state index contributed by atoms with van der Waals surface area (Å²) in [6.45, 7) is 7.91. The predicted octanol–water partition coefficient (Wildman–Crippen LogP) is 8.58. The normalized spacial score (nSPS) is 25.9. The van der Waals surface area contributed by atoms with E-state index in [1.165, 1.54) is 53.9 Å². The molecule has 3 heterocycles. The van der Waals surface area contributed by atoms with Gasteiger partial charge in [-0.3, -0.25) is 19.6 Å². The summed E-state index contributed by atoms with van der Waals surface area (Å²) in [6.07, 6.45) is -3.84. The summed E-state index contributed by atoms with van der Waals surface area (Å²) >= 11 is 2.46. The Balaban J connectivity index is 0.000000247. The lowest BCUT2D eigenvalue weighted by atomic mass is 10.0. The maximum Gasteiger partial charge on any atom is 0.416 e. The number of carbonyl (C=O) groups excluding carboxylic acids is 2. The molecule has 5 atom stereocenters. The Morgan fingerprint density at radius 1 is 0.815 bits per heavy atom. The molecule has 9 nitrogen and oxygen atoms in total. The molecule has 2 aromatic rings. The highest BCUT2D eigenvalue weighted by molar-refractivity contribution is 8.16. The first-order valence-electron chi connectivity index (χ1n) is 17.7. The van der Waals surface area contributed by atoms with E-state index >= 15 is 0 Å². The number of carbonyl (C=O) groups is 2. The molecule has 0 aliphatic carbocycles. The van der Waals surface area contributed by atoms with Gasteiger partial charge in [0.15, 0.2) is 16.6 Å². The van der Waals surface area contributed by atoms with E-state index in [9.17, 15) is 35.9 Å². The van der Waals surface area contributed by atoms with Crippen LogP contribution in [0.3, 0.4) is 0 Å². The van der Waals surface area contributed by atoms with Crippen molar-refractivity contribution in [1.82, 2.24) is 10.6 Å². The molecule has 2 aromatic carbocycles. The molecular weight excluding hydrogens is 759 g/mol. The number of aliphatic hydroxyl groups excluding tert-OH is 1. The smallest absolute Gasteiger partial charge is 0.396 e. The van der Waals surface area contributed by atoms with E-state index < -0.39 is 45.1 Å². The van der Waals surface area contributed by atoms with Gasteiger partial charge in [-0.05, 0) is 95.9 Å². The van der Waals surface area contributed by atoms with Crippen molar-refractivity contribution in [2.75, 3.05) is 19.8 Å². The summed E-state index contributed by atoms with van der Waals surface area (Å²) in [4.78, 5) is 33.2. The van der Waals surface area contributed by atoms with E-state index in [4.69, 9.17) is 14.6 Å². The molecule has 2 amide bonds. The summed E-state index contributed by atoms with van der Waals surface area (Å²) < 4.78 is 88.9. The van der Waals surface area contributed by atoms with E-state index in [0.29, 0.717) is 42.6 Å². The number of hydrogen-bond acceptors (Lipinski definition) is 9. The van der Waals surface area contributed by atoms with Crippen LogP contribution in [0.15, 0.2) is 58.5 Å². The standard InChI is InChI=1S/C21H27F3N2O3S.C16H19F3N2O2S/c1-14(15-8-3-4-9-16(15)21(22,23)24)25-19-26-18(27)20(2,30-19)11-7-13-29-17-10-5-6-12-28-17;1-10(11-6-3-4-7-12(11)16(17,18)19)20-14-21-13(23)15(2,24-14)8-5-9-22/h3-4,8-9,14,17H,5-7,10-13H2,1-2H3,(H,25,26,27);3-4,6-7,10,22H,5,8-9H2,1-2H3,(H,20,21,23)/t14-,17?,20?;10-,15?/m00/s1. The number of rotatable bonds is 12. The molecule has 0 spiro atoms. The summed E-state index contributed by atoms with van der Waals surface area (Å²) in [5, 5.41) is 14.9. The summed E-state index contributed by atoms with van der Waals surface area (Å²) in [7, 11) is 0. The molecule has 3 aliphatic rings. The Hall–Kier alpha value is -3.12. The van der Waals surface area contributed by atoms with Crippen LogP contribution in [0.25, 0.3) is 0 Å². The van der Waals surface area contributed by atoms with E-state index in [1.54, 1.807) is 26.8 Å². The molecule has 3 fully saturated rings. The molecule has 298 valence electrons. The van der Waals surface area contributed by atoms with Crippen molar-refractivity contribution in [3.05, 3.63) is 70.8 Å². The molecule has 3 unspecified atom stereocenters. The van der Waals surface area contributed by atoms with E-state index in [-0.39, 0.29) is 35.8 Å². The molecule has 0 bridgehead atoms. The van der Waals surface area contributed by atoms with Gasteiger partial charge in [-0.2, -0.15) is 26.3 Å². The van der Waals surface area contributed by atoms with Gasteiger partial charge in [-0.25, -0.2) is 0 Å². The molecule has 0 aromatic heterocycles. The summed E-state index contributed by atoms with van der Waals surface area (Å²) in [6, 6.07) is 9.19. The Kier molecular flexibility index (Phi) is 15.1. The van der Waals surface area contributed by atoms with E-state index in [2.05, 4.69) is 20.6 Å². The van der Waals surface area contributed by atoms with Crippen molar-refractivity contribution >= 4 is 45.7 Å². The number of aliphatic imine (C=N–C) groups is 2. The van der Waals surface area contributed by atoms with Crippen LogP contribution in [0, 0.1) is 0 Å². The highest BCUT2D eigenvalue weighted by atomic mass is 32.2. The highest BCUT2D eigenvalue weighted by Gasteiger charge is 2.44. The van der Waals surface area contributed by atoms with Crippen LogP contribution in [0.5, 0.6) is 0 Å². The van der Waals surface area contributed by atoms with Crippen LogP contribution in [0.2, 0.25) is 0 Å². The number of nitrogens with zero attached hydrogens (tertiary/aromatic N) is 2. The molecule has 54 heavy (non-hydrogen) atoms. The van der Waals surface area contributed by atoms with Gasteiger partial charge in [0.25, 0.3) is 0 Å². The second kappa shape index (κ2) is 18.7. The van der Waals surface area contributed by atoms with Gasteiger partial charge in [0, 0.05) is 19.8 Å². The largest absolute Gasteiger partial charge is 0.416 e. The van der Waals surface area contributed by atoms with Gasteiger partial charge in [0.1, 0.15) is 0 Å². The number of halogens is 6. The Morgan fingerprint density at radius 2 is 1.28 bits per heavy atom. The number of aliphatic hydroxyl groups is 1. The van der Waals surface area contributed by atoms with Crippen molar-refractivity contribution in [2.45, 2.75) is 113 Å². The van der Waals surface area contributed by atoms with Crippen molar-refractivity contribution in [1.29, 1.82) is 0 Å². The SMILES string of the molecule is C[C@H](N=C1NC(=O)C(C)(CCCO)S1)c1ccccc1C(F)(F)F.C[C@H](N=C1NC(=O)C(C)(CCCOC2CCCCO2)S1)c1ccccc1C(F)(F)F. The first-order chi connectivity index (χ1) is 25.4. The van der Waals surface area contributed by atoms with Crippen LogP contribution in [0.1, 0.15) is 107 Å². The minimum atomic E-state index is -4.45. The van der Waals surface area contributed by atoms with Crippen LogP contribution < -0.4 is 10.6 Å². The number of amidine groups is 2. The first-order valence-corrected chi connectivity index (χ1v) is 19.3. The number of ether oxygens (including phenoxy) is 2. The quantitative estimate of drug-likeness (QED) is 0.145. The van der Waals surface area contributed by atoms with Crippen molar-refractivity contribution in [2.24, 2.45) is 9.98 Å². The van der Waals surface area contributed by atoms with Crippen molar-refractivity contribution in [3.63, 3.8) is 0 Å². The molecule has 0 saturated carbocycles. The third kappa shape index (κ3) is 11.7. The maximum absolute atomic E-state index is 13.3. The predicted molar refractivity (Wildman–Crippen MR) is 198 cm³/mol. The molecule has 17 heteroatoms. The lowest BCUT2D eigenvalue weighted by Gasteiger charge is -2.24. The third-order valence-corrected chi connectivity index (χ3v) is 11.6. The first kappa shape index (κ1) is 43.6. The third-order valence-electron chi connectivity index (χ3n) is 9.15. The van der Waals surface area contributed by atoms with E-state index in [0.717, 1.165) is 38.0 Å². The number of alkyl halides is 6. The zero-order valence-corrected chi connectivity index (χ0v) is 32.1. The molecule has 3 aliphatic heterocycles. The molecular formula is C37H46F6N4O5S2. The second-order valence-electron chi connectivity index (χ2n) is 13.6. The molecule has 3 N–H and O–H groups in total. The van der Waals surface area contributed by atoms with Gasteiger partial charge in [-0.15, -0.1) is 0 Å². The number of hydrogen-bond donors (Lipinski definition) is 3. The average molecular weight is 805 g/mol. The topological polar surface area (TPSA) is 122 Å². The van der Waals surface area contributed by atoms with Gasteiger partial charge >= 0.3 is 12.4 Å². The highest BCUT2D eigenvalue weighted by Crippen LogP contribution is 2.41. The fourth-order valence-electron chi connectivity index (χ4n) is 6.09. The minimum absolute atomic E-state index is 0.0226. The van der Waals surface area contributed by atoms with Gasteiger partial charge in [-0.1, -0.05) is 59.9 Å². The van der Waals surface area contributed by atoms with Crippen molar-refractivity contribution in [3.8, 4) is 0 Å². The van der Waals surface area contributed by atoms with Gasteiger partial charge in [0.05, 0.1) is 32.7 Å². The number of thioether (sulfide) groups is 2. The molecule has 3 saturated heterocycles. The Bertz CT molecular complexity index is 1670. The zero-order chi connectivity index (χ0) is 39.7. The van der Waals surface area contributed by atoms with Crippen LogP contribution in [-0.2, 0) is 31.4 Å². The monoisotopic (exact) mass is 804 g/mol. The zero-order valence-electron chi connectivity index (χ0n) is 30.5. The molecule has 5 rings (SSSR count). The fourth-order valence-corrected chi connectivity index (χ4v) is 8.43. The number of nitrogens with one attached hydrogen (secondary N) is 2. The van der Waals surface area contributed by atoms with Crippen LogP contribution in [0.4, 0.5) is 26.3 Å². The van der Waals surface area contributed by atoms with Gasteiger partial charge in [0.2, 0.25) is 11.8 Å². The average Bonchev–Trinajstić information content (AvgIpc) is 3.56. The summed E-state index contributed by atoms with van der Waals surface area (Å²) in [5.41, 5.74) is -1.28. The van der Waals surface area contributed by atoms with E-state index in [1.807, 2.05) is 6.92 Å². The second-order valence-corrected chi connectivity index (χ2v) is 16.5. The maximum atomic E-state index is 13.3. The number of benzene rings is 2. The number of amides is 2. The fraction of sp³-hybridized carbons (Fsp3) is 0.568. The molecule has 0 radical (unpaired) electrons. The van der Waals surface area contributed by atoms with Crippen LogP contribution in [-0.4, -0.2) is 62.9 Å². The van der Waals surface area contributed by atoms with Crippen molar-refractivity contribution < 1.29 is 50.5 Å². The Labute approximate surface area is 319 Å². The summed E-state index contributed by atoms with van der Waals surface area (Å²) in [5.74, 6) is -0.424. The lowest BCUT2D eigenvalue weighted by Crippen LogP contribution is -2.34. The Morgan fingerprint density at radius 3 is 1.70 bits per heavy atom. The lowest BCUT2D eigenvalue weighted by molar-refractivity contribution is -0.163. The van der Waals surface area contributed by atoms with Crippen LogP contribution >= 0.6 is 23.5 Å². The minimum Gasteiger partial charge on any atom is -0.396 e. The van der Waals surface area contributed by atoms with Gasteiger partial charge < -0.3 is 25.2 Å².